The third kappa shape index (κ3) is 3.18. The molecule has 1 amide bonds. The van der Waals surface area contributed by atoms with Gasteiger partial charge in [-0.05, 0) is 25.5 Å². The summed E-state index contributed by atoms with van der Waals surface area (Å²) >= 11 is 0. The molecule has 1 heterocycles. The van der Waals surface area contributed by atoms with Crippen molar-refractivity contribution in [3.63, 3.8) is 0 Å². The zero-order valence-electron chi connectivity index (χ0n) is 13.0. The van der Waals surface area contributed by atoms with Gasteiger partial charge in [0, 0.05) is 17.9 Å². The molecule has 0 bridgehead atoms. The van der Waals surface area contributed by atoms with Crippen LogP contribution in [-0.4, -0.2) is 28.1 Å². The van der Waals surface area contributed by atoms with Gasteiger partial charge in [-0.15, -0.1) is 0 Å². The Hall–Kier alpha value is -2.83. The molecular weight excluding hydrogens is 298 g/mol. The van der Waals surface area contributed by atoms with Gasteiger partial charge in [-0.2, -0.15) is 0 Å². The molecular formula is C16H19N3O4. The number of fused-ring (bicyclic) bond motifs is 1. The predicted octanol–water partition coefficient (Wildman–Crippen LogP) is 1.37. The van der Waals surface area contributed by atoms with Crippen LogP contribution in [0.4, 0.5) is 5.69 Å². The number of aliphatic carboxylic acids is 1. The number of nitrogens with two attached hydrogens (primary N) is 1. The van der Waals surface area contributed by atoms with Crippen molar-refractivity contribution in [1.29, 1.82) is 0 Å². The van der Waals surface area contributed by atoms with E-state index < -0.39 is 23.9 Å². The van der Waals surface area contributed by atoms with Crippen molar-refractivity contribution in [3.05, 3.63) is 40.2 Å². The van der Waals surface area contributed by atoms with Gasteiger partial charge in [0.2, 0.25) is 5.43 Å². The fraction of sp³-hybridized carbons (Fsp3) is 0.312. The standard InChI is InChI=1S/C16H19N3O4/c1-3-9(2)19-8-10(16(23)18-7-13(20)21)15(22)14-11(17)5-4-6-12(14)19/h4-6,8-9H,3,7,17H2,1-2H3,(H,18,23)(H,20,21). The number of nitrogens with zero attached hydrogens (tertiary/aromatic N) is 1. The second kappa shape index (κ2) is 6.51. The third-order valence-electron chi connectivity index (χ3n) is 3.80. The van der Waals surface area contributed by atoms with Gasteiger partial charge in [0.15, 0.2) is 0 Å². The molecule has 1 unspecified atom stereocenters. The van der Waals surface area contributed by atoms with Crippen molar-refractivity contribution in [2.24, 2.45) is 0 Å². The zero-order chi connectivity index (χ0) is 17.1. The second-order valence-electron chi connectivity index (χ2n) is 5.35. The maximum atomic E-state index is 12.6. The van der Waals surface area contributed by atoms with Crippen molar-refractivity contribution in [3.8, 4) is 0 Å². The third-order valence-corrected chi connectivity index (χ3v) is 3.80. The Bertz CT molecular complexity index is 826. The fourth-order valence-electron chi connectivity index (χ4n) is 2.40. The number of rotatable bonds is 5. The maximum absolute atomic E-state index is 12.6. The van der Waals surface area contributed by atoms with Gasteiger partial charge in [0.1, 0.15) is 12.1 Å². The molecule has 4 N–H and O–H groups in total. The Kier molecular flexibility index (Phi) is 4.68. The maximum Gasteiger partial charge on any atom is 0.322 e. The molecule has 0 aliphatic carbocycles. The van der Waals surface area contributed by atoms with Crippen molar-refractivity contribution in [2.45, 2.75) is 26.3 Å². The number of pyridine rings is 1. The lowest BCUT2D eigenvalue weighted by atomic mass is 10.1. The Morgan fingerprint density at radius 3 is 2.70 bits per heavy atom. The van der Waals surface area contributed by atoms with E-state index in [4.69, 9.17) is 10.8 Å². The van der Waals surface area contributed by atoms with E-state index in [1.165, 1.54) is 6.20 Å². The Labute approximate surface area is 132 Å². The molecule has 23 heavy (non-hydrogen) atoms. The van der Waals surface area contributed by atoms with Crippen LogP contribution in [-0.2, 0) is 4.79 Å². The van der Waals surface area contributed by atoms with E-state index in [1.54, 1.807) is 18.2 Å². The Balaban J connectivity index is 2.69. The highest BCUT2D eigenvalue weighted by Crippen LogP contribution is 2.22. The van der Waals surface area contributed by atoms with Crippen molar-refractivity contribution >= 4 is 28.5 Å². The summed E-state index contributed by atoms with van der Waals surface area (Å²) in [5.74, 6) is -1.90. The number of carbonyl (C=O) groups excluding carboxylic acids is 1. The SMILES string of the molecule is CCC(C)n1cc(C(=O)NCC(=O)O)c(=O)c2c(N)cccc21. The van der Waals surface area contributed by atoms with Crippen molar-refractivity contribution in [1.82, 2.24) is 9.88 Å². The smallest absolute Gasteiger partial charge is 0.322 e. The zero-order valence-corrected chi connectivity index (χ0v) is 13.0. The normalized spacial score (nSPS) is 12.1. The van der Waals surface area contributed by atoms with E-state index >= 15 is 0 Å². The molecule has 0 spiro atoms. The molecule has 0 aliphatic heterocycles. The van der Waals surface area contributed by atoms with E-state index in [0.717, 1.165) is 6.42 Å². The van der Waals surface area contributed by atoms with Crippen molar-refractivity contribution < 1.29 is 14.7 Å². The van der Waals surface area contributed by atoms with Gasteiger partial charge in [-0.1, -0.05) is 13.0 Å². The first-order chi connectivity index (χ1) is 10.9. The molecule has 1 atom stereocenters. The summed E-state index contributed by atoms with van der Waals surface area (Å²) in [6, 6.07) is 5.17. The van der Waals surface area contributed by atoms with Crippen LogP contribution in [0.5, 0.6) is 0 Å². The van der Waals surface area contributed by atoms with Gasteiger partial charge < -0.3 is 20.7 Å². The molecule has 0 saturated heterocycles. The van der Waals surface area contributed by atoms with Crippen molar-refractivity contribution in [2.75, 3.05) is 12.3 Å². The van der Waals surface area contributed by atoms with E-state index in [1.807, 2.05) is 18.4 Å². The van der Waals surface area contributed by atoms with Crippen LogP contribution in [0.3, 0.4) is 0 Å². The van der Waals surface area contributed by atoms with E-state index in [9.17, 15) is 14.4 Å². The molecule has 2 rings (SSSR count). The lowest BCUT2D eigenvalue weighted by molar-refractivity contribution is -0.135. The second-order valence-corrected chi connectivity index (χ2v) is 5.35. The van der Waals surface area contributed by atoms with Gasteiger partial charge in [0.05, 0.1) is 10.9 Å². The lowest BCUT2D eigenvalue weighted by Crippen LogP contribution is -2.33. The average molecular weight is 317 g/mol. The number of aromatic nitrogens is 1. The minimum Gasteiger partial charge on any atom is -0.480 e. The summed E-state index contributed by atoms with van der Waals surface area (Å²) in [6.07, 6.45) is 2.26. The quantitative estimate of drug-likeness (QED) is 0.721. The molecule has 2 aromatic rings. The first-order valence-electron chi connectivity index (χ1n) is 7.30. The van der Waals surface area contributed by atoms with E-state index in [2.05, 4.69) is 5.32 Å². The van der Waals surface area contributed by atoms with Crippen LogP contribution in [0, 0.1) is 0 Å². The summed E-state index contributed by atoms with van der Waals surface area (Å²) in [5, 5.41) is 11.1. The lowest BCUT2D eigenvalue weighted by Gasteiger charge is -2.19. The number of hydrogen-bond donors (Lipinski definition) is 3. The molecule has 7 nitrogen and oxygen atoms in total. The average Bonchev–Trinajstić information content (AvgIpc) is 2.52. The monoisotopic (exact) mass is 317 g/mol. The highest BCUT2D eigenvalue weighted by molar-refractivity contribution is 6.00. The van der Waals surface area contributed by atoms with E-state index in [-0.39, 0.29) is 22.7 Å². The number of hydrogen-bond acceptors (Lipinski definition) is 4. The Morgan fingerprint density at radius 1 is 1.39 bits per heavy atom. The minimum absolute atomic E-state index is 0.0472. The molecule has 0 aliphatic rings. The minimum atomic E-state index is -1.18. The van der Waals surface area contributed by atoms with Gasteiger partial charge in [0.25, 0.3) is 5.91 Å². The number of amides is 1. The van der Waals surface area contributed by atoms with Crippen LogP contribution in [0.2, 0.25) is 0 Å². The topological polar surface area (TPSA) is 114 Å². The number of anilines is 1. The number of nitrogen functional groups attached to an aromatic ring is 1. The highest BCUT2D eigenvalue weighted by atomic mass is 16.4. The number of benzene rings is 1. The predicted molar refractivity (Wildman–Crippen MR) is 87.6 cm³/mol. The first kappa shape index (κ1) is 16.5. The van der Waals surface area contributed by atoms with Gasteiger partial charge in [-0.25, -0.2) is 0 Å². The van der Waals surface area contributed by atoms with Crippen LogP contribution in [0.1, 0.15) is 36.7 Å². The first-order valence-corrected chi connectivity index (χ1v) is 7.30. The summed E-state index contributed by atoms with van der Waals surface area (Å²) in [7, 11) is 0. The van der Waals surface area contributed by atoms with Crippen LogP contribution in [0.15, 0.2) is 29.2 Å². The number of carboxylic acids is 1. The largest absolute Gasteiger partial charge is 0.480 e. The molecule has 0 fully saturated rings. The van der Waals surface area contributed by atoms with Crippen LogP contribution in [0.25, 0.3) is 10.9 Å². The summed E-state index contributed by atoms with van der Waals surface area (Å²) < 4.78 is 1.82. The number of carbonyl (C=O) groups is 2. The number of nitrogens with one attached hydrogen (secondary N) is 1. The summed E-state index contributed by atoms with van der Waals surface area (Å²) in [6.45, 7) is 3.40. The molecule has 0 radical (unpaired) electrons. The number of carboxylic acid groups (broad SMARTS) is 1. The molecule has 0 saturated carbocycles. The summed E-state index contributed by atoms with van der Waals surface area (Å²) in [4.78, 5) is 35.3. The highest BCUT2D eigenvalue weighted by Gasteiger charge is 2.19. The molecule has 7 heteroatoms. The Morgan fingerprint density at radius 2 is 2.09 bits per heavy atom. The summed E-state index contributed by atoms with van der Waals surface area (Å²) in [5.41, 5.74) is 6.25. The molecule has 1 aromatic carbocycles. The fourth-order valence-corrected chi connectivity index (χ4v) is 2.40. The molecule has 1 aromatic heterocycles. The molecule has 122 valence electrons. The van der Waals surface area contributed by atoms with Gasteiger partial charge in [-0.3, -0.25) is 14.4 Å². The van der Waals surface area contributed by atoms with E-state index in [0.29, 0.717) is 5.52 Å². The van der Waals surface area contributed by atoms with Crippen LogP contribution >= 0.6 is 0 Å². The van der Waals surface area contributed by atoms with Crippen LogP contribution < -0.4 is 16.5 Å². The van der Waals surface area contributed by atoms with Gasteiger partial charge >= 0.3 is 5.97 Å².